The normalized spacial score (nSPS) is 28.2. The topological polar surface area (TPSA) is 143 Å². The summed E-state index contributed by atoms with van der Waals surface area (Å²) in [5.74, 6) is -1.45. The van der Waals surface area contributed by atoms with Crippen molar-refractivity contribution in [3.8, 4) is 28.9 Å². The third-order valence-corrected chi connectivity index (χ3v) is 11.2. The van der Waals surface area contributed by atoms with E-state index in [1.807, 2.05) is 0 Å². The number of fused-ring (bicyclic) bond motifs is 3. The van der Waals surface area contributed by atoms with Gasteiger partial charge in [0.2, 0.25) is 5.88 Å². The molecule has 1 saturated carbocycles. The fourth-order valence-electron chi connectivity index (χ4n) is 8.84. The smallest absolute Gasteiger partial charge is 0.319 e. The number of pyridine rings is 1. The quantitative estimate of drug-likeness (QED) is 0.224. The van der Waals surface area contributed by atoms with Crippen LogP contribution in [0.1, 0.15) is 32.6 Å². The summed E-state index contributed by atoms with van der Waals surface area (Å²) in [6.07, 6.45) is 1.08. The van der Waals surface area contributed by atoms with Crippen molar-refractivity contribution in [2.75, 3.05) is 71.2 Å². The number of halogens is 3. The molecule has 4 aliphatic rings. The molecule has 3 saturated heterocycles. The third kappa shape index (κ3) is 6.71. The fraction of sp³-hybridized carbons (Fsp3) is 0.553. The number of likely N-dealkylation sites (tertiary alicyclic amines) is 1. The molecule has 1 aliphatic carbocycles. The van der Waals surface area contributed by atoms with Crippen LogP contribution in [0.4, 0.5) is 19.0 Å². The molecule has 4 fully saturated rings. The molecule has 15 heteroatoms. The average molecular weight is 740 g/mol. The minimum atomic E-state index is -1.40. The van der Waals surface area contributed by atoms with Gasteiger partial charge in [-0.25, -0.2) is 18.2 Å². The predicted octanol–water partition coefficient (Wildman–Crippen LogP) is 4.39. The highest BCUT2D eigenvalue weighted by Crippen LogP contribution is 2.49. The van der Waals surface area contributed by atoms with Crippen LogP contribution in [0, 0.1) is 23.0 Å². The highest BCUT2D eigenvalue weighted by atomic mass is 19.1. The van der Waals surface area contributed by atoms with Gasteiger partial charge in [-0.15, -0.1) is 0 Å². The Bertz CT molecular complexity index is 2020. The summed E-state index contributed by atoms with van der Waals surface area (Å²) in [5, 5.41) is 32.4. The average Bonchev–Trinajstić information content (AvgIpc) is 3.46. The number of benzene rings is 2. The number of aliphatic hydroxyl groups excluding tert-OH is 1. The molecule has 12 nitrogen and oxygen atoms in total. The van der Waals surface area contributed by atoms with Crippen molar-refractivity contribution in [3.05, 3.63) is 42.0 Å². The molecule has 8 rings (SSSR count). The van der Waals surface area contributed by atoms with Gasteiger partial charge >= 0.3 is 6.01 Å². The molecule has 0 bridgehead atoms. The van der Waals surface area contributed by atoms with Gasteiger partial charge in [0.1, 0.15) is 45.8 Å². The third-order valence-electron chi connectivity index (χ3n) is 11.2. The van der Waals surface area contributed by atoms with E-state index in [4.69, 9.17) is 23.9 Å². The van der Waals surface area contributed by atoms with Gasteiger partial charge in [-0.2, -0.15) is 9.97 Å². The summed E-state index contributed by atoms with van der Waals surface area (Å²) in [6.45, 7) is 3.68. The Labute approximate surface area is 304 Å². The number of alkyl halides is 1. The minimum absolute atomic E-state index is 0.0225. The van der Waals surface area contributed by atoms with Crippen molar-refractivity contribution in [2.24, 2.45) is 11.3 Å². The molecule has 5 unspecified atom stereocenters. The number of β-amino-alcohol motifs (C(OH)–C–C–N with tert-alkyl or cyclic N) is 1. The molecule has 2 aromatic heterocycles. The second kappa shape index (κ2) is 14.0. The number of piperidine rings is 1. The summed E-state index contributed by atoms with van der Waals surface area (Å²) in [4.78, 5) is 17.7. The van der Waals surface area contributed by atoms with Crippen molar-refractivity contribution in [2.45, 2.75) is 56.5 Å². The molecular formula is C38H44F3N5O7. The lowest BCUT2D eigenvalue weighted by Crippen LogP contribution is -2.57. The van der Waals surface area contributed by atoms with E-state index in [-0.39, 0.29) is 90.0 Å². The van der Waals surface area contributed by atoms with Crippen LogP contribution in [-0.4, -0.2) is 125 Å². The van der Waals surface area contributed by atoms with Gasteiger partial charge in [0.15, 0.2) is 5.82 Å². The van der Waals surface area contributed by atoms with E-state index in [1.54, 1.807) is 17.9 Å². The van der Waals surface area contributed by atoms with Crippen LogP contribution < -0.4 is 14.4 Å². The standard InChI is InChI=1S/C38H44F3N5O7/c1-37(49)18-46(14-25(15-47)52-19-37)34-30-33(31(41)32(42-35(30)50-2)26-10-24(48)9-22-5-3-6-27(40)29(22)26)43-36(44-34)53-20-38-8-4-7-28(38)45(13-23(39)11-38)12-21-16-51-17-21/h3,5-6,9-10,21,23,25,28,47-49H,4,7-8,11-20H2,1-2H3. The molecule has 5 atom stereocenters. The summed E-state index contributed by atoms with van der Waals surface area (Å²) in [6, 6.07) is 6.82. The number of aromatic nitrogens is 3. The van der Waals surface area contributed by atoms with Crippen molar-refractivity contribution in [1.29, 1.82) is 0 Å². The van der Waals surface area contributed by atoms with Crippen LogP contribution in [0.2, 0.25) is 0 Å². The van der Waals surface area contributed by atoms with E-state index < -0.39 is 34.9 Å². The molecular weight excluding hydrogens is 695 g/mol. The first-order chi connectivity index (χ1) is 25.5. The molecule has 3 aliphatic heterocycles. The van der Waals surface area contributed by atoms with Crippen molar-refractivity contribution >= 4 is 27.5 Å². The van der Waals surface area contributed by atoms with Crippen LogP contribution in [0.5, 0.6) is 17.6 Å². The number of aromatic hydroxyl groups is 1. The SMILES string of the molecule is COc1nc(-c2cc(O)cc3cccc(F)c23)c(F)c2nc(OCC34CCCC3N(CC3COC3)CC(F)C4)nc(N3CC(CO)OCC(C)(O)C3)c12. The number of methoxy groups -OCH3 is 1. The van der Waals surface area contributed by atoms with E-state index in [0.29, 0.717) is 37.5 Å². The van der Waals surface area contributed by atoms with Crippen molar-refractivity contribution in [3.63, 3.8) is 0 Å². The number of ether oxygens (including phenoxy) is 4. The molecule has 5 heterocycles. The Morgan fingerprint density at radius 1 is 1.09 bits per heavy atom. The van der Waals surface area contributed by atoms with Crippen molar-refractivity contribution < 1.29 is 47.4 Å². The number of hydrogen-bond donors (Lipinski definition) is 3. The van der Waals surface area contributed by atoms with Gasteiger partial charge in [-0.1, -0.05) is 18.6 Å². The second-order valence-electron chi connectivity index (χ2n) is 15.4. The summed E-state index contributed by atoms with van der Waals surface area (Å²) in [7, 11) is 1.34. The van der Waals surface area contributed by atoms with Crippen LogP contribution in [0.15, 0.2) is 30.3 Å². The lowest BCUT2D eigenvalue weighted by atomic mass is 9.74. The van der Waals surface area contributed by atoms with Gasteiger partial charge < -0.3 is 39.2 Å². The molecule has 2 aromatic carbocycles. The Balaban J connectivity index is 1.27. The second-order valence-corrected chi connectivity index (χ2v) is 15.4. The fourth-order valence-corrected chi connectivity index (χ4v) is 8.84. The van der Waals surface area contributed by atoms with E-state index >= 15 is 13.2 Å². The maximum atomic E-state index is 17.2. The highest BCUT2D eigenvalue weighted by Gasteiger charge is 2.52. The Hall–Kier alpha value is -4.02. The zero-order valence-electron chi connectivity index (χ0n) is 29.7. The zero-order chi connectivity index (χ0) is 37.1. The maximum Gasteiger partial charge on any atom is 0.319 e. The lowest BCUT2D eigenvalue weighted by Gasteiger charge is -2.49. The molecule has 0 spiro atoms. The van der Waals surface area contributed by atoms with Gasteiger partial charge in [-0.05, 0) is 49.8 Å². The highest BCUT2D eigenvalue weighted by molar-refractivity contribution is 6.02. The van der Waals surface area contributed by atoms with Crippen molar-refractivity contribution in [1.82, 2.24) is 19.9 Å². The number of hydrogen-bond acceptors (Lipinski definition) is 12. The monoisotopic (exact) mass is 739 g/mol. The molecule has 0 radical (unpaired) electrons. The summed E-state index contributed by atoms with van der Waals surface area (Å²) < 4.78 is 71.3. The molecule has 3 N–H and O–H groups in total. The Morgan fingerprint density at radius 2 is 1.92 bits per heavy atom. The Morgan fingerprint density at radius 3 is 2.68 bits per heavy atom. The first-order valence-electron chi connectivity index (χ1n) is 18.1. The van der Waals surface area contributed by atoms with Crippen LogP contribution in [0.25, 0.3) is 32.9 Å². The molecule has 53 heavy (non-hydrogen) atoms. The lowest BCUT2D eigenvalue weighted by molar-refractivity contribution is -0.0865. The van der Waals surface area contributed by atoms with Crippen LogP contribution in [-0.2, 0) is 9.47 Å². The van der Waals surface area contributed by atoms with Crippen LogP contribution >= 0.6 is 0 Å². The number of aliphatic hydroxyl groups is 2. The number of phenols is 1. The largest absolute Gasteiger partial charge is 0.508 e. The predicted molar refractivity (Wildman–Crippen MR) is 189 cm³/mol. The van der Waals surface area contributed by atoms with Gasteiger partial charge in [0, 0.05) is 48.0 Å². The van der Waals surface area contributed by atoms with E-state index in [0.717, 1.165) is 25.8 Å². The zero-order valence-corrected chi connectivity index (χ0v) is 29.7. The Kier molecular flexibility index (Phi) is 9.50. The summed E-state index contributed by atoms with van der Waals surface area (Å²) >= 11 is 0. The molecule has 4 aromatic rings. The molecule has 284 valence electrons. The molecule has 0 amide bonds. The van der Waals surface area contributed by atoms with Gasteiger partial charge in [-0.3, -0.25) is 4.90 Å². The number of nitrogens with zero attached hydrogens (tertiary/aromatic N) is 5. The van der Waals surface area contributed by atoms with E-state index in [1.165, 1.54) is 31.4 Å². The minimum Gasteiger partial charge on any atom is -0.508 e. The van der Waals surface area contributed by atoms with E-state index in [9.17, 15) is 15.3 Å². The van der Waals surface area contributed by atoms with Gasteiger partial charge in [0.05, 0.1) is 52.8 Å². The van der Waals surface area contributed by atoms with E-state index in [2.05, 4.69) is 14.9 Å². The first-order valence-corrected chi connectivity index (χ1v) is 18.1. The number of phenolic OH excluding ortho intramolecular Hbond substituents is 1. The number of anilines is 1. The van der Waals surface area contributed by atoms with Gasteiger partial charge in [0.25, 0.3) is 0 Å². The first kappa shape index (κ1) is 36.0. The summed E-state index contributed by atoms with van der Waals surface area (Å²) in [5.41, 5.74) is -2.54. The number of rotatable bonds is 9. The maximum absolute atomic E-state index is 17.2. The van der Waals surface area contributed by atoms with Crippen LogP contribution in [0.3, 0.4) is 0 Å².